The fraction of sp³-hybridized carbons (Fsp3) is 0.0769. The van der Waals surface area contributed by atoms with Crippen LogP contribution in [0.15, 0.2) is 42.0 Å². The van der Waals surface area contributed by atoms with E-state index in [9.17, 15) is 4.39 Å². The average Bonchev–Trinajstić information content (AvgIpc) is 2.90. The van der Waals surface area contributed by atoms with E-state index in [1.54, 1.807) is 17.4 Å². The SMILES string of the molecule is Fc1cccc2c(NCc3cccs3)ncnc12. The van der Waals surface area contributed by atoms with Crippen molar-refractivity contribution < 1.29 is 4.39 Å². The molecular formula is C13H10FN3S. The van der Waals surface area contributed by atoms with Crippen LogP contribution in [0.5, 0.6) is 0 Å². The Kier molecular flexibility index (Phi) is 2.90. The van der Waals surface area contributed by atoms with E-state index in [1.807, 2.05) is 23.6 Å². The van der Waals surface area contributed by atoms with Crippen molar-refractivity contribution in [1.29, 1.82) is 0 Å². The summed E-state index contributed by atoms with van der Waals surface area (Å²) in [6.45, 7) is 0.681. The van der Waals surface area contributed by atoms with Gasteiger partial charge in [-0.15, -0.1) is 11.3 Å². The topological polar surface area (TPSA) is 37.8 Å². The van der Waals surface area contributed by atoms with Crippen LogP contribution in [-0.4, -0.2) is 9.97 Å². The number of thiophene rings is 1. The number of nitrogens with zero attached hydrogens (tertiary/aromatic N) is 2. The molecule has 3 nitrogen and oxygen atoms in total. The van der Waals surface area contributed by atoms with Crippen molar-refractivity contribution in [2.75, 3.05) is 5.32 Å². The Balaban J connectivity index is 1.94. The lowest BCUT2D eigenvalue weighted by molar-refractivity contribution is 0.636. The van der Waals surface area contributed by atoms with Crippen molar-refractivity contribution >= 4 is 28.1 Å². The van der Waals surface area contributed by atoms with Gasteiger partial charge in [-0.1, -0.05) is 12.1 Å². The lowest BCUT2D eigenvalue weighted by Crippen LogP contribution is -2.01. The summed E-state index contributed by atoms with van der Waals surface area (Å²) in [7, 11) is 0. The molecule has 0 unspecified atom stereocenters. The number of para-hydroxylation sites is 1. The molecule has 18 heavy (non-hydrogen) atoms. The Bertz CT molecular complexity index is 667. The summed E-state index contributed by atoms with van der Waals surface area (Å²) in [4.78, 5) is 9.33. The summed E-state index contributed by atoms with van der Waals surface area (Å²) in [5.41, 5.74) is 0.348. The van der Waals surface area contributed by atoms with Crippen molar-refractivity contribution in [2.24, 2.45) is 0 Å². The molecule has 0 fully saturated rings. The number of aromatic nitrogens is 2. The molecule has 3 rings (SSSR count). The largest absolute Gasteiger partial charge is 0.365 e. The van der Waals surface area contributed by atoms with Crippen LogP contribution >= 0.6 is 11.3 Å². The van der Waals surface area contributed by atoms with E-state index < -0.39 is 0 Å². The summed E-state index contributed by atoms with van der Waals surface area (Å²) in [5.74, 6) is 0.335. The second-order valence-corrected chi connectivity index (χ2v) is 4.82. The second-order valence-electron chi connectivity index (χ2n) is 3.79. The van der Waals surface area contributed by atoms with Crippen LogP contribution in [-0.2, 0) is 6.54 Å². The first kappa shape index (κ1) is 11.1. The highest BCUT2D eigenvalue weighted by molar-refractivity contribution is 7.09. The van der Waals surface area contributed by atoms with E-state index in [4.69, 9.17) is 0 Å². The van der Waals surface area contributed by atoms with E-state index in [0.717, 1.165) is 0 Å². The number of benzene rings is 1. The van der Waals surface area contributed by atoms with Gasteiger partial charge in [0, 0.05) is 10.3 Å². The van der Waals surface area contributed by atoms with Gasteiger partial charge in [0.1, 0.15) is 23.5 Å². The lowest BCUT2D eigenvalue weighted by Gasteiger charge is -2.07. The maximum atomic E-state index is 13.6. The van der Waals surface area contributed by atoms with Crippen LogP contribution in [0.25, 0.3) is 10.9 Å². The molecule has 5 heteroatoms. The predicted molar refractivity (Wildman–Crippen MR) is 71.1 cm³/mol. The van der Waals surface area contributed by atoms with Crippen molar-refractivity contribution in [1.82, 2.24) is 9.97 Å². The summed E-state index contributed by atoms with van der Waals surface area (Å²) in [5, 5.41) is 5.94. The molecule has 2 aromatic heterocycles. The van der Waals surface area contributed by atoms with Gasteiger partial charge in [0.15, 0.2) is 0 Å². The number of halogens is 1. The van der Waals surface area contributed by atoms with Crippen molar-refractivity contribution in [3.63, 3.8) is 0 Å². The van der Waals surface area contributed by atoms with Crippen LogP contribution < -0.4 is 5.32 Å². The minimum atomic E-state index is -0.325. The zero-order valence-corrected chi connectivity index (χ0v) is 10.2. The highest BCUT2D eigenvalue weighted by Crippen LogP contribution is 2.22. The number of hydrogen-bond donors (Lipinski definition) is 1. The third-order valence-corrected chi connectivity index (χ3v) is 3.50. The molecule has 0 aliphatic carbocycles. The molecule has 0 atom stereocenters. The lowest BCUT2D eigenvalue weighted by atomic mass is 10.2. The molecule has 0 amide bonds. The maximum absolute atomic E-state index is 13.6. The molecule has 2 heterocycles. The van der Waals surface area contributed by atoms with Gasteiger partial charge in [-0.2, -0.15) is 0 Å². The van der Waals surface area contributed by atoms with Crippen LogP contribution in [0.3, 0.4) is 0 Å². The number of nitrogens with one attached hydrogen (secondary N) is 1. The zero-order valence-electron chi connectivity index (χ0n) is 9.43. The summed E-state index contributed by atoms with van der Waals surface area (Å²) < 4.78 is 13.6. The van der Waals surface area contributed by atoms with E-state index in [2.05, 4.69) is 15.3 Å². The van der Waals surface area contributed by atoms with Gasteiger partial charge in [0.25, 0.3) is 0 Å². The molecule has 90 valence electrons. The Labute approximate surface area is 107 Å². The van der Waals surface area contributed by atoms with E-state index in [-0.39, 0.29) is 5.82 Å². The molecule has 0 bridgehead atoms. The molecule has 0 saturated carbocycles. The van der Waals surface area contributed by atoms with Gasteiger partial charge in [0.05, 0.1) is 6.54 Å². The number of hydrogen-bond acceptors (Lipinski definition) is 4. The average molecular weight is 259 g/mol. The van der Waals surface area contributed by atoms with Gasteiger partial charge in [-0.25, -0.2) is 14.4 Å². The van der Waals surface area contributed by atoms with E-state index in [1.165, 1.54) is 17.3 Å². The van der Waals surface area contributed by atoms with Gasteiger partial charge in [0.2, 0.25) is 0 Å². The quantitative estimate of drug-likeness (QED) is 0.783. The maximum Gasteiger partial charge on any atom is 0.149 e. The van der Waals surface area contributed by atoms with Gasteiger partial charge in [-0.3, -0.25) is 0 Å². The first-order chi connectivity index (χ1) is 8.84. The summed E-state index contributed by atoms with van der Waals surface area (Å²) in [6, 6.07) is 8.92. The van der Waals surface area contributed by atoms with Crippen molar-refractivity contribution in [3.8, 4) is 0 Å². The highest BCUT2D eigenvalue weighted by Gasteiger charge is 2.06. The van der Waals surface area contributed by atoms with Gasteiger partial charge in [-0.05, 0) is 23.6 Å². The van der Waals surface area contributed by atoms with E-state index >= 15 is 0 Å². The fourth-order valence-corrected chi connectivity index (χ4v) is 2.42. The first-order valence-corrected chi connectivity index (χ1v) is 6.38. The van der Waals surface area contributed by atoms with Crippen LogP contribution in [0, 0.1) is 5.82 Å². The first-order valence-electron chi connectivity index (χ1n) is 5.50. The molecule has 0 aliphatic rings. The Morgan fingerprint density at radius 3 is 2.94 bits per heavy atom. The van der Waals surface area contributed by atoms with Gasteiger partial charge < -0.3 is 5.32 Å². The van der Waals surface area contributed by atoms with Crippen molar-refractivity contribution in [3.05, 3.63) is 52.7 Å². The molecule has 1 aromatic carbocycles. The predicted octanol–water partition coefficient (Wildman–Crippen LogP) is 3.44. The number of rotatable bonds is 3. The molecule has 3 aromatic rings. The zero-order chi connectivity index (χ0) is 12.4. The molecule has 0 spiro atoms. The highest BCUT2D eigenvalue weighted by atomic mass is 32.1. The van der Waals surface area contributed by atoms with Gasteiger partial charge >= 0.3 is 0 Å². The summed E-state index contributed by atoms with van der Waals surface area (Å²) >= 11 is 1.67. The molecule has 0 saturated heterocycles. The Hall–Kier alpha value is -2.01. The monoisotopic (exact) mass is 259 g/mol. The van der Waals surface area contributed by atoms with Crippen LogP contribution in [0.2, 0.25) is 0 Å². The van der Waals surface area contributed by atoms with Crippen molar-refractivity contribution in [2.45, 2.75) is 6.54 Å². The summed E-state index contributed by atoms with van der Waals surface area (Å²) in [6.07, 6.45) is 1.38. The Morgan fingerprint density at radius 1 is 1.17 bits per heavy atom. The van der Waals surface area contributed by atoms with Crippen LogP contribution in [0.1, 0.15) is 4.88 Å². The molecule has 0 aliphatic heterocycles. The Morgan fingerprint density at radius 2 is 2.11 bits per heavy atom. The smallest absolute Gasteiger partial charge is 0.149 e. The molecular weight excluding hydrogens is 249 g/mol. The van der Waals surface area contributed by atoms with E-state index in [0.29, 0.717) is 23.3 Å². The fourth-order valence-electron chi connectivity index (χ4n) is 1.78. The number of anilines is 1. The van der Waals surface area contributed by atoms with Crippen LogP contribution in [0.4, 0.5) is 10.2 Å². The number of fused-ring (bicyclic) bond motifs is 1. The minimum Gasteiger partial charge on any atom is -0.365 e. The normalized spacial score (nSPS) is 10.7. The molecule has 0 radical (unpaired) electrons. The third-order valence-electron chi connectivity index (χ3n) is 2.63. The molecule has 1 N–H and O–H groups in total. The minimum absolute atomic E-state index is 0.325. The second kappa shape index (κ2) is 4.70. The third kappa shape index (κ3) is 2.04. The standard InChI is InChI=1S/C13H10FN3S/c14-11-5-1-4-10-12(11)16-8-17-13(10)15-7-9-3-2-6-18-9/h1-6,8H,7H2,(H,15,16,17).